The third-order valence-electron chi connectivity index (χ3n) is 5.58. The lowest BCUT2D eigenvalue weighted by atomic mass is 9.78. The number of benzene rings is 1. The highest BCUT2D eigenvalue weighted by molar-refractivity contribution is 5.79. The molecule has 0 heterocycles. The zero-order chi connectivity index (χ0) is 15.6. The van der Waals surface area contributed by atoms with E-state index in [-0.39, 0.29) is 18.4 Å². The molecule has 3 heteroatoms. The summed E-state index contributed by atoms with van der Waals surface area (Å²) in [5, 5.41) is 12.8. The van der Waals surface area contributed by atoms with Gasteiger partial charge >= 0.3 is 0 Å². The molecule has 2 N–H and O–H groups in total. The summed E-state index contributed by atoms with van der Waals surface area (Å²) in [6, 6.07) is 10.6. The number of hydrogen-bond acceptors (Lipinski definition) is 2. The predicted octanol–water partition coefficient (Wildman–Crippen LogP) is 3.24. The van der Waals surface area contributed by atoms with Crippen LogP contribution in [0.4, 0.5) is 0 Å². The fourth-order valence-electron chi connectivity index (χ4n) is 3.79. The van der Waals surface area contributed by atoms with Gasteiger partial charge in [0.05, 0.1) is 12.1 Å². The highest BCUT2D eigenvalue weighted by Crippen LogP contribution is 2.40. The molecule has 1 atom stereocenters. The second-order valence-corrected chi connectivity index (χ2v) is 7.30. The van der Waals surface area contributed by atoms with Gasteiger partial charge in [-0.3, -0.25) is 4.79 Å². The molecule has 120 valence electrons. The Morgan fingerprint density at radius 3 is 2.32 bits per heavy atom. The third kappa shape index (κ3) is 3.35. The van der Waals surface area contributed by atoms with Gasteiger partial charge in [-0.05, 0) is 62.8 Å². The molecule has 0 saturated heterocycles. The fourth-order valence-corrected chi connectivity index (χ4v) is 3.79. The zero-order valence-corrected chi connectivity index (χ0v) is 13.4. The van der Waals surface area contributed by atoms with Crippen LogP contribution in [0.25, 0.3) is 0 Å². The van der Waals surface area contributed by atoms with E-state index in [1.165, 1.54) is 5.56 Å². The monoisotopic (exact) mass is 301 g/mol. The van der Waals surface area contributed by atoms with Crippen molar-refractivity contribution in [2.75, 3.05) is 6.61 Å². The maximum atomic E-state index is 12.5. The van der Waals surface area contributed by atoms with Crippen LogP contribution in [0, 0.1) is 11.8 Å². The van der Waals surface area contributed by atoms with E-state index in [9.17, 15) is 9.90 Å². The molecule has 0 aliphatic heterocycles. The summed E-state index contributed by atoms with van der Waals surface area (Å²) >= 11 is 0. The molecule has 2 saturated carbocycles. The summed E-state index contributed by atoms with van der Waals surface area (Å²) in [5.74, 6) is 1.32. The smallest absolute Gasteiger partial charge is 0.223 e. The van der Waals surface area contributed by atoms with Crippen LogP contribution in [0.3, 0.4) is 0 Å². The highest BCUT2D eigenvalue weighted by Gasteiger charge is 2.43. The Kier molecular flexibility index (Phi) is 4.53. The molecular weight excluding hydrogens is 274 g/mol. The van der Waals surface area contributed by atoms with Gasteiger partial charge in [-0.2, -0.15) is 0 Å². The number of carbonyl (C=O) groups is 1. The first kappa shape index (κ1) is 15.5. The molecule has 1 amide bonds. The van der Waals surface area contributed by atoms with Gasteiger partial charge in [-0.25, -0.2) is 0 Å². The van der Waals surface area contributed by atoms with Crippen molar-refractivity contribution in [3.05, 3.63) is 35.9 Å². The van der Waals surface area contributed by atoms with Crippen LogP contribution in [-0.2, 0) is 4.79 Å². The number of aliphatic hydroxyl groups excluding tert-OH is 1. The van der Waals surface area contributed by atoms with Gasteiger partial charge in [0.15, 0.2) is 0 Å². The summed E-state index contributed by atoms with van der Waals surface area (Å²) < 4.78 is 0. The lowest BCUT2D eigenvalue weighted by Crippen LogP contribution is -2.52. The Hall–Kier alpha value is -1.35. The highest BCUT2D eigenvalue weighted by atomic mass is 16.3. The molecule has 2 fully saturated rings. The van der Waals surface area contributed by atoms with Crippen LogP contribution in [0.5, 0.6) is 0 Å². The van der Waals surface area contributed by atoms with Crippen molar-refractivity contribution in [2.45, 2.75) is 56.9 Å². The van der Waals surface area contributed by atoms with Crippen molar-refractivity contribution in [2.24, 2.45) is 11.8 Å². The second-order valence-electron chi connectivity index (χ2n) is 7.30. The first-order valence-corrected chi connectivity index (χ1v) is 8.60. The molecule has 3 rings (SSSR count). The lowest BCUT2D eigenvalue weighted by molar-refractivity contribution is -0.128. The summed E-state index contributed by atoms with van der Waals surface area (Å²) in [5.41, 5.74) is 0.993. The fraction of sp³-hybridized carbons (Fsp3) is 0.632. The maximum Gasteiger partial charge on any atom is 0.223 e. The normalized spacial score (nSPS) is 27.9. The Labute approximate surface area is 133 Å². The molecule has 3 nitrogen and oxygen atoms in total. The van der Waals surface area contributed by atoms with E-state index in [1.54, 1.807) is 0 Å². The second kappa shape index (κ2) is 6.41. The van der Waals surface area contributed by atoms with E-state index in [4.69, 9.17) is 0 Å². The van der Waals surface area contributed by atoms with E-state index in [2.05, 4.69) is 35.6 Å². The number of hydrogen-bond donors (Lipinski definition) is 2. The largest absolute Gasteiger partial charge is 0.394 e. The van der Waals surface area contributed by atoms with E-state index >= 15 is 0 Å². The van der Waals surface area contributed by atoms with Crippen LogP contribution in [0.2, 0.25) is 0 Å². The van der Waals surface area contributed by atoms with Crippen LogP contribution in [0.15, 0.2) is 30.3 Å². The first-order valence-electron chi connectivity index (χ1n) is 8.60. The molecule has 1 aromatic rings. The molecule has 22 heavy (non-hydrogen) atoms. The quantitative estimate of drug-likeness (QED) is 0.877. The van der Waals surface area contributed by atoms with Crippen LogP contribution < -0.4 is 5.32 Å². The summed E-state index contributed by atoms with van der Waals surface area (Å²) in [4.78, 5) is 12.5. The Morgan fingerprint density at radius 1 is 1.14 bits per heavy atom. The van der Waals surface area contributed by atoms with Crippen molar-refractivity contribution in [1.82, 2.24) is 5.32 Å². The minimum Gasteiger partial charge on any atom is -0.394 e. The molecule has 0 spiro atoms. The van der Waals surface area contributed by atoms with Gasteiger partial charge < -0.3 is 10.4 Å². The SMILES string of the molecule is CC(CO)(NC(=O)C1CCC(c2ccccc2)CC1)C1CC1. The third-order valence-corrected chi connectivity index (χ3v) is 5.58. The Balaban J connectivity index is 1.54. The van der Waals surface area contributed by atoms with Gasteiger partial charge in [-0.1, -0.05) is 30.3 Å². The lowest BCUT2D eigenvalue weighted by Gasteiger charge is -2.33. The molecule has 1 aromatic carbocycles. The van der Waals surface area contributed by atoms with Gasteiger partial charge in [0.1, 0.15) is 0 Å². The topological polar surface area (TPSA) is 49.3 Å². The first-order chi connectivity index (χ1) is 10.6. The average molecular weight is 301 g/mol. The van der Waals surface area contributed by atoms with E-state index in [1.807, 2.05) is 6.92 Å². The zero-order valence-electron chi connectivity index (χ0n) is 13.4. The Morgan fingerprint density at radius 2 is 1.77 bits per heavy atom. The summed E-state index contributed by atoms with van der Waals surface area (Å²) in [7, 11) is 0. The van der Waals surface area contributed by atoms with Gasteiger partial charge in [0.25, 0.3) is 0 Å². The van der Waals surface area contributed by atoms with Crippen LogP contribution >= 0.6 is 0 Å². The standard InChI is InChI=1S/C19H27NO2/c1-19(13-21,17-11-12-17)20-18(22)16-9-7-15(8-10-16)14-5-3-2-4-6-14/h2-6,15-17,21H,7-13H2,1H3,(H,20,22). The van der Waals surface area contributed by atoms with Crippen molar-refractivity contribution < 1.29 is 9.90 Å². The number of nitrogens with one attached hydrogen (secondary N) is 1. The minimum atomic E-state index is -0.409. The van der Waals surface area contributed by atoms with Crippen LogP contribution in [-0.4, -0.2) is 23.2 Å². The molecule has 2 aliphatic carbocycles. The predicted molar refractivity (Wildman–Crippen MR) is 87.5 cm³/mol. The maximum absolute atomic E-state index is 12.5. The molecule has 0 radical (unpaired) electrons. The molecule has 1 unspecified atom stereocenters. The number of rotatable bonds is 5. The molecular formula is C19H27NO2. The summed E-state index contributed by atoms with van der Waals surface area (Å²) in [6.45, 7) is 2.03. The number of carbonyl (C=O) groups excluding carboxylic acids is 1. The van der Waals surface area contributed by atoms with E-state index < -0.39 is 5.54 Å². The van der Waals surface area contributed by atoms with Crippen molar-refractivity contribution in [3.63, 3.8) is 0 Å². The number of amides is 1. The van der Waals surface area contributed by atoms with E-state index in [0.717, 1.165) is 38.5 Å². The van der Waals surface area contributed by atoms with Crippen LogP contribution in [0.1, 0.15) is 56.9 Å². The van der Waals surface area contributed by atoms with Crippen molar-refractivity contribution in [1.29, 1.82) is 0 Å². The van der Waals surface area contributed by atoms with Gasteiger partial charge in [0, 0.05) is 5.92 Å². The van der Waals surface area contributed by atoms with Gasteiger partial charge in [0.2, 0.25) is 5.91 Å². The Bertz CT molecular complexity index is 503. The molecule has 2 aliphatic rings. The molecule has 0 aromatic heterocycles. The average Bonchev–Trinajstić information content (AvgIpc) is 3.41. The van der Waals surface area contributed by atoms with Crippen molar-refractivity contribution >= 4 is 5.91 Å². The summed E-state index contributed by atoms with van der Waals surface area (Å²) in [6.07, 6.45) is 6.33. The number of aliphatic hydroxyl groups is 1. The molecule has 0 bridgehead atoms. The minimum absolute atomic E-state index is 0.0444. The van der Waals surface area contributed by atoms with Crippen molar-refractivity contribution in [3.8, 4) is 0 Å². The van der Waals surface area contributed by atoms with Gasteiger partial charge in [-0.15, -0.1) is 0 Å². The van der Waals surface area contributed by atoms with E-state index in [0.29, 0.717) is 11.8 Å².